The van der Waals surface area contributed by atoms with Crippen molar-refractivity contribution >= 4 is 0 Å². The maximum absolute atomic E-state index is 6.14. The molecule has 3 heteroatoms. The first-order valence-corrected chi connectivity index (χ1v) is 5.45. The minimum absolute atomic E-state index is 0.0400. The molecule has 0 radical (unpaired) electrons. The average Bonchev–Trinajstić information content (AvgIpc) is 2.64. The third-order valence-corrected chi connectivity index (χ3v) is 2.73. The number of aryl methyl sites for hydroxylation is 2. The average molecular weight is 215 g/mol. The second-order valence-corrected chi connectivity index (χ2v) is 4.20. The van der Waals surface area contributed by atoms with E-state index in [4.69, 9.17) is 5.73 Å². The molecule has 0 bridgehead atoms. The minimum atomic E-state index is -0.0400. The van der Waals surface area contributed by atoms with Crippen LogP contribution < -0.4 is 5.73 Å². The molecule has 0 amide bonds. The zero-order valence-electron chi connectivity index (χ0n) is 9.72. The first kappa shape index (κ1) is 10.9. The molecular formula is C13H17N3. The first-order chi connectivity index (χ1) is 7.66. The normalized spacial score (nSPS) is 12.7. The van der Waals surface area contributed by atoms with E-state index in [1.165, 1.54) is 11.1 Å². The van der Waals surface area contributed by atoms with Crippen molar-refractivity contribution in [2.75, 3.05) is 0 Å². The fourth-order valence-corrected chi connectivity index (χ4v) is 1.92. The van der Waals surface area contributed by atoms with E-state index < -0.39 is 0 Å². The van der Waals surface area contributed by atoms with Gasteiger partial charge in [0.2, 0.25) is 0 Å². The number of rotatable bonds is 3. The number of aromatic nitrogens is 2. The number of hydrogen-bond donors (Lipinski definition) is 1. The van der Waals surface area contributed by atoms with Crippen molar-refractivity contribution in [2.24, 2.45) is 12.8 Å². The van der Waals surface area contributed by atoms with Crippen LogP contribution in [0.5, 0.6) is 0 Å². The largest absolute Gasteiger partial charge is 0.337 e. The zero-order valence-corrected chi connectivity index (χ0v) is 9.72. The Balaban J connectivity index is 2.14. The summed E-state index contributed by atoms with van der Waals surface area (Å²) >= 11 is 0. The molecule has 1 atom stereocenters. The fourth-order valence-electron chi connectivity index (χ4n) is 1.92. The van der Waals surface area contributed by atoms with Crippen molar-refractivity contribution in [1.29, 1.82) is 0 Å². The molecule has 1 aromatic carbocycles. The predicted octanol–water partition coefficient (Wildman–Crippen LogP) is 1.97. The molecule has 1 heterocycles. The molecule has 0 aliphatic rings. The van der Waals surface area contributed by atoms with E-state index in [1.807, 2.05) is 17.8 Å². The quantitative estimate of drug-likeness (QED) is 0.850. The Kier molecular flexibility index (Phi) is 3.06. The van der Waals surface area contributed by atoms with Crippen LogP contribution in [-0.2, 0) is 13.5 Å². The number of nitrogens with zero attached hydrogens (tertiary/aromatic N) is 2. The third kappa shape index (κ3) is 2.31. The topological polar surface area (TPSA) is 43.8 Å². The Hall–Kier alpha value is -1.61. The van der Waals surface area contributed by atoms with Gasteiger partial charge in [-0.25, -0.2) is 4.98 Å². The standard InChI is InChI=1S/C13H17N3/c1-10-4-3-5-11(8-10)9-12(14)13-15-6-7-16(13)2/h3-8,12H,9,14H2,1-2H3. The SMILES string of the molecule is Cc1cccc(CC(N)c2nccn2C)c1. The Morgan fingerprint density at radius 3 is 2.88 bits per heavy atom. The molecule has 0 fully saturated rings. The van der Waals surface area contributed by atoms with Gasteiger partial charge in [-0.2, -0.15) is 0 Å². The van der Waals surface area contributed by atoms with Crippen molar-refractivity contribution in [3.8, 4) is 0 Å². The molecule has 0 spiro atoms. The van der Waals surface area contributed by atoms with Crippen LogP contribution in [0.2, 0.25) is 0 Å². The molecule has 2 N–H and O–H groups in total. The zero-order chi connectivity index (χ0) is 11.5. The van der Waals surface area contributed by atoms with Gasteiger partial charge in [0.1, 0.15) is 5.82 Å². The number of nitrogens with two attached hydrogens (primary N) is 1. The van der Waals surface area contributed by atoms with Crippen molar-refractivity contribution in [3.05, 3.63) is 53.6 Å². The molecular weight excluding hydrogens is 198 g/mol. The lowest BCUT2D eigenvalue weighted by atomic mass is 10.0. The van der Waals surface area contributed by atoms with Crippen molar-refractivity contribution in [2.45, 2.75) is 19.4 Å². The van der Waals surface area contributed by atoms with E-state index >= 15 is 0 Å². The first-order valence-electron chi connectivity index (χ1n) is 5.45. The second-order valence-electron chi connectivity index (χ2n) is 4.20. The van der Waals surface area contributed by atoms with Crippen LogP contribution in [0.1, 0.15) is 23.0 Å². The van der Waals surface area contributed by atoms with E-state index in [0.29, 0.717) is 0 Å². The van der Waals surface area contributed by atoms with E-state index in [1.54, 1.807) is 6.20 Å². The van der Waals surface area contributed by atoms with Crippen LogP contribution in [0.3, 0.4) is 0 Å². The molecule has 0 saturated heterocycles. The molecule has 2 aromatic rings. The van der Waals surface area contributed by atoms with Gasteiger partial charge in [0.15, 0.2) is 0 Å². The summed E-state index contributed by atoms with van der Waals surface area (Å²) in [5.74, 6) is 0.932. The summed E-state index contributed by atoms with van der Waals surface area (Å²) < 4.78 is 1.97. The smallest absolute Gasteiger partial charge is 0.125 e. The monoisotopic (exact) mass is 215 g/mol. The van der Waals surface area contributed by atoms with Crippen molar-refractivity contribution in [3.63, 3.8) is 0 Å². The Morgan fingerprint density at radius 2 is 2.25 bits per heavy atom. The Morgan fingerprint density at radius 1 is 1.44 bits per heavy atom. The van der Waals surface area contributed by atoms with Gasteiger partial charge in [0.05, 0.1) is 6.04 Å². The van der Waals surface area contributed by atoms with Gasteiger partial charge >= 0.3 is 0 Å². The lowest BCUT2D eigenvalue weighted by molar-refractivity contribution is 0.632. The molecule has 0 saturated carbocycles. The number of benzene rings is 1. The van der Waals surface area contributed by atoms with Crippen molar-refractivity contribution in [1.82, 2.24) is 9.55 Å². The van der Waals surface area contributed by atoms with Gasteiger partial charge in [-0.1, -0.05) is 29.8 Å². The van der Waals surface area contributed by atoms with Crippen LogP contribution in [0.15, 0.2) is 36.7 Å². The van der Waals surface area contributed by atoms with E-state index in [-0.39, 0.29) is 6.04 Å². The number of imidazole rings is 1. The summed E-state index contributed by atoms with van der Waals surface area (Å²) in [6, 6.07) is 8.39. The van der Waals surface area contributed by atoms with Gasteiger partial charge in [-0.3, -0.25) is 0 Å². The van der Waals surface area contributed by atoms with Gasteiger partial charge < -0.3 is 10.3 Å². The lowest BCUT2D eigenvalue weighted by Crippen LogP contribution is -2.17. The van der Waals surface area contributed by atoms with Crippen LogP contribution in [0, 0.1) is 6.92 Å². The van der Waals surface area contributed by atoms with Crippen molar-refractivity contribution < 1.29 is 0 Å². The molecule has 3 nitrogen and oxygen atoms in total. The van der Waals surface area contributed by atoms with E-state index in [2.05, 4.69) is 36.2 Å². The number of hydrogen-bond acceptors (Lipinski definition) is 2. The summed E-state index contributed by atoms with van der Waals surface area (Å²) in [5.41, 5.74) is 8.67. The van der Waals surface area contributed by atoms with Crippen LogP contribution in [-0.4, -0.2) is 9.55 Å². The predicted molar refractivity (Wildman–Crippen MR) is 65.0 cm³/mol. The molecule has 1 unspecified atom stereocenters. The molecule has 84 valence electrons. The van der Waals surface area contributed by atoms with Gasteiger partial charge in [-0.15, -0.1) is 0 Å². The molecule has 0 aliphatic carbocycles. The van der Waals surface area contributed by atoms with E-state index in [0.717, 1.165) is 12.2 Å². The fraction of sp³-hybridized carbons (Fsp3) is 0.308. The molecule has 2 rings (SSSR count). The molecule has 16 heavy (non-hydrogen) atoms. The van der Waals surface area contributed by atoms with Crippen LogP contribution in [0.25, 0.3) is 0 Å². The maximum Gasteiger partial charge on any atom is 0.125 e. The third-order valence-electron chi connectivity index (χ3n) is 2.73. The van der Waals surface area contributed by atoms with Crippen LogP contribution in [0.4, 0.5) is 0 Å². The minimum Gasteiger partial charge on any atom is -0.337 e. The molecule has 1 aromatic heterocycles. The highest BCUT2D eigenvalue weighted by Gasteiger charge is 2.11. The highest BCUT2D eigenvalue weighted by molar-refractivity contribution is 5.23. The summed E-state index contributed by atoms with van der Waals surface area (Å²) in [6.45, 7) is 2.09. The Bertz CT molecular complexity index is 474. The second kappa shape index (κ2) is 4.49. The highest BCUT2D eigenvalue weighted by atomic mass is 15.1. The highest BCUT2D eigenvalue weighted by Crippen LogP contribution is 2.14. The lowest BCUT2D eigenvalue weighted by Gasteiger charge is -2.11. The summed E-state index contributed by atoms with van der Waals surface area (Å²) in [6.07, 6.45) is 4.53. The Labute approximate surface area is 95.9 Å². The van der Waals surface area contributed by atoms with Gasteiger partial charge in [0, 0.05) is 19.4 Å². The molecule has 0 aliphatic heterocycles. The van der Waals surface area contributed by atoms with Gasteiger partial charge in [-0.05, 0) is 18.9 Å². The maximum atomic E-state index is 6.14. The van der Waals surface area contributed by atoms with Gasteiger partial charge in [0.25, 0.3) is 0 Å². The summed E-state index contributed by atoms with van der Waals surface area (Å²) in [7, 11) is 1.97. The van der Waals surface area contributed by atoms with Crippen LogP contribution >= 0.6 is 0 Å². The summed E-state index contributed by atoms with van der Waals surface area (Å²) in [5, 5.41) is 0. The summed E-state index contributed by atoms with van der Waals surface area (Å²) in [4.78, 5) is 4.27. The van der Waals surface area contributed by atoms with E-state index in [9.17, 15) is 0 Å².